The number of pyridine rings is 1. The first-order valence-corrected chi connectivity index (χ1v) is 11.4. The van der Waals surface area contributed by atoms with Gasteiger partial charge in [-0.25, -0.2) is 4.98 Å². The van der Waals surface area contributed by atoms with E-state index < -0.39 is 0 Å². The van der Waals surface area contributed by atoms with Gasteiger partial charge in [0.1, 0.15) is 5.82 Å². The Morgan fingerprint density at radius 2 is 1.55 bits per heavy atom. The Kier molecular flexibility index (Phi) is 4.77. The molecule has 0 amide bonds. The highest BCUT2D eigenvalue weighted by Crippen LogP contribution is 2.34. The van der Waals surface area contributed by atoms with Crippen LogP contribution in [-0.4, -0.2) is 9.55 Å². The second kappa shape index (κ2) is 8.07. The van der Waals surface area contributed by atoms with Crippen LogP contribution < -0.4 is 0 Å². The van der Waals surface area contributed by atoms with Crippen LogP contribution in [0.25, 0.3) is 44.5 Å². The third-order valence-corrected chi connectivity index (χ3v) is 6.25. The van der Waals surface area contributed by atoms with Gasteiger partial charge in [0.15, 0.2) is 0 Å². The summed E-state index contributed by atoms with van der Waals surface area (Å²) in [5, 5.41) is 2.51. The molecule has 5 aromatic rings. The molecule has 0 bridgehead atoms. The van der Waals surface area contributed by atoms with Crippen LogP contribution in [-0.2, 0) is 0 Å². The zero-order valence-corrected chi connectivity index (χ0v) is 18.6. The van der Waals surface area contributed by atoms with Crippen molar-refractivity contribution in [3.05, 3.63) is 126 Å². The van der Waals surface area contributed by atoms with E-state index in [4.69, 9.17) is 4.98 Å². The van der Waals surface area contributed by atoms with Crippen LogP contribution >= 0.6 is 0 Å². The van der Waals surface area contributed by atoms with Gasteiger partial charge in [0.05, 0.1) is 16.7 Å². The summed E-state index contributed by atoms with van der Waals surface area (Å²) in [6.45, 7) is 2.15. The number of fused-ring (bicyclic) bond motifs is 3. The Morgan fingerprint density at radius 1 is 0.727 bits per heavy atom. The number of allylic oxidation sites excluding steroid dienone is 6. The monoisotopic (exact) mass is 424 g/mol. The fourth-order valence-corrected chi connectivity index (χ4v) is 4.66. The van der Waals surface area contributed by atoms with Crippen molar-refractivity contribution in [2.24, 2.45) is 0 Å². The predicted octanol–water partition coefficient (Wildman–Crippen LogP) is 8.05. The number of aromatic nitrogens is 2. The largest absolute Gasteiger partial charge is 0.294 e. The van der Waals surface area contributed by atoms with Crippen LogP contribution in [0.5, 0.6) is 0 Å². The van der Waals surface area contributed by atoms with E-state index in [9.17, 15) is 0 Å². The summed E-state index contributed by atoms with van der Waals surface area (Å²) in [5.41, 5.74) is 8.07. The first kappa shape index (κ1) is 19.5. The van der Waals surface area contributed by atoms with E-state index in [0.29, 0.717) is 0 Å². The van der Waals surface area contributed by atoms with Crippen LogP contribution in [0.2, 0.25) is 0 Å². The van der Waals surface area contributed by atoms with Gasteiger partial charge in [-0.15, -0.1) is 0 Å². The molecule has 0 saturated heterocycles. The summed E-state index contributed by atoms with van der Waals surface area (Å²) < 4.78 is 2.30. The van der Waals surface area contributed by atoms with Crippen molar-refractivity contribution in [1.82, 2.24) is 9.55 Å². The van der Waals surface area contributed by atoms with E-state index in [-0.39, 0.29) is 0 Å². The van der Waals surface area contributed by atoms with Gasteiger partial charge in [0, 0.05) is 16.3 Å². The average molecular weight is 425 g/mol. The molecule has 0 atom stereocenters. The van der Waals surface area contributed by atoms with Crippen molar-refractivity contribution in [2.45, 2.75) is 13.3 Å². The fourth-order valence-electron chi connectivity index (χ4n) is 4.66. The minimum atomic E-state index is 0.934. The SMILES string of the molecule is Cc1ccc2c(c1)c1ccccc1n2-c1cc(C2=CC=CCC=C2)cc(-c2ccccc2)n1. The van der Waals surface area contributed by atoms with Crippen LogP contribution in [0, 0.1) is 6.92 Å². The second-order valence-electron chi connectivity index (χ2n) is 8.53. The highest BCUT2D eigenvalue weighted by Gasteiger charge is 2.15. The van der Waals surface area contributed by atoms with Crippen molar-refractivity contribution in [3.63, 3.8) is 0 Å². The summed E-state index contributed by atoms with van der Waals surface area (Å²) in [6.07, 6.45) is 11.9. The van der Waals surface area contributed by atoms with E-state index in [1.54, 1.807) is 0 Å². The highest BCUT2D eigenvalue weighted by atomic mass is 15.1. The molecule has 3 aromatic carbocycles. The lowest BCUT2D eigenvalue weighted by Crippen LogP contribution is -2.01. The van der Waals surface area contributed by atoms with Crippen LogP contribution in [0.3, 0.4) is 0 Å². The summed E-state index contributed by atoms with van der Waals surface area (Å²) >= 11 is 0. The summed E-state index contributed by atoms with van der Waals surface area (Å²) in [6, 6.07) is 30.1. The van der Waals surface area contributed by atoms with Crippen LogP contribution in [0.15, 0.2) is 115 Å². The molecule has 2 nitrogen and oxygen atoms in total. The molecule has 33 heavy (non-hydrogen) atoms. The minimum Gasteiger partial charge on any atom is -0.294 e. The van der Waals surface area contributed by atoms with Crippen LogP contribution in [0.1, 0.15) is 17.5 Å². The normalized spacial score (nSPS) is 13.4. The lowest BCUT2D eigenvalue weighted by molar-refractivity contribution is 1.08. The van der Waals surface area contributed by atoms with Crippen molar-refractivity contribution >= 4 is 27.4 Å². The van der Waals surface area contributed by atoms with E-state index >= 15 is 0 Å². The Morgan fingerprint density at radius 3 is 2.45 bits per heavy atom. The molecule has 1 aliphatic carbocycles. The molecule has 0 saturated carbocycles. The Bertz CT molecular complexity index is 1580. The van der Waals surface area contributed by atoms with Gasteiger partial charge in [0.2, 0.25) is 0 Å². The summed E-state index contributed by atoms with van der Waals surface area (Å²) in [7, 11) is 0. The number of nitrogens with zero attached hydrogens (tertiary/aromatic N) is 2. The highest BCUT2D eigenvalue weighted by molar-refractivity contribution is 6.09. The fraction of sp³-hybridized carbons (Fsp3) is 0.0645. The molecule has 0 aliphatic heterocycles. The van der Waals surface area contributed by atoms with E-state index in [1.807, 2.05) is 6.07 Å². The standard InChI is InChI=1S/C31H24N2/c1-22-17-18-30-27(19-22)26-15-9-10-16-29(26)33(30)31-21-25(23-11-5-2-3-6-12-23)20-28(32-31)24-13-7-4-8-14-24/h2,4-21H,3H2,1H3. The molecular weight excluding hydrogens is 400 g/mol. The Labute approximate surface area is 193 Å². The molecule has 2 heteroatoms. The topological polar surface area (TPSA) is 17.8 Å². The molecule has 2 heterocycles. The lowest BCUT2D eigenvalue weighted by Gasteiger charge is -2.13. The van der Waals surface area contributed by atoms with Gasteiger partial charge in [-0.3, -0.25) is 4.57 Å². The molecular formula is C31H24N2. The molecule has 2 aromatic heterocycles. The van der Waals surface area contributed by atoms with Crippen molar-refractivity contribution in [2.75, 3.05) is 0 Å². The van der Waals surface area contributed by atoms with Gasteiger partial charge < -0.3 is 0 Å². The zero-order valence-electron chi connectivity index (χ0n) is 18.6. The molecule has 1 aliphatic rings. The third-order valence-electron chi connectivity index (χ3n) is 6.25. The van der Waals surface area contributed by atoms with Gasteiger partial charge >= 0.3 is 0 Å². The number of benzene rings is 3. The molecule has 6 rings (SSSR count). The van der Waals surface area contributed by atoms with Gasteiger partial charge in [-0.05, 0) is 54.8 Å². The first-order valence-electron chi connectivity index (χ1n) is 11.4. The number of hydrogen-bond donors (Lipinski definition) is 0. The maximum atomic E-state index is 5.18. The Balaban J connectivity index is 1.68. The van der Waals surface area contributed by atoms with Gasteiger partial charge in [0.25, 0.3) is 0 Å². The smallest absolute Gasteiger partial charge is 0.138 e. The third kappa shape index (κ3) is 3.50. The number of rotatable bonds is 3. The van der Waals surface area contributed by atoms with Crippen LogP contribution in [0.4, 0.5) is 0 Å². The van der Waals surface area contributed by atoms with E-state index in [0.717, 1.165) is 23.5 Å². The molecule has 0 spiro atoms. The first-order chi connectivity index (χ1) is 16.3. The number of hydrogen-bond acceptors (Lipinski definition) is 1. The van der Waals surface area contributed by atoms with Crippen molar-refractivity contribution in [1.29, 1.82) is 0 Å². The van der Waals surface area contributed by atoms with Crippen molar-refractivity contribution in [3.8, 4) is 17.1 Å². The molecule has 0 radical (unpaired) electrons. The summed E-state index contributed by atoms with van der Waals surface area (Å²) in [4.78, 5) is 5.18. The number of aryl methyl sites for hydroxylation is 1. The zero-order chi connectivity index (χ0) is 22.2. The molecule has 0 unspecified atom stereocenters. The lowest BCUT2D eigenvalue weighted by atomic mass is 10.0. The molecule has 0 N–H and O–H groups in total. The average Bonchev–Trinajstić information content (AvgIpc) is 3.00. The quantitative estimate of drug-likeness (QED) is 0.286. The van der Waals surface area contributed by atoms with Gasteiger partial charge in [-0.1, -0.05) is 90.5 Å². The Hall–Kier alpha value is -4.17. The predicted molar refractivity (Wildman–Crippen MR) is 140 cm³/mol. The molecule has 0 fully saturated rings. The van der Waals surface area contributed by atoms with E-state index in [1.165, 1.54) is 38.5 Å². The van der Waals surface area contributed by atoms with E-state index in [2.05, 4.69) is 121 Å². The maximum absolute atomic E-state index is 5.18. The van der Waals surface area contributed by atoms with Gasteiger partial charge in [-0.2, -0.15) is 0 Å². The minimum absolute atomic E-state index is 0.934. The molecule has 158 valence electrons. The van der Waals surface area contributed by atoms with Crippen molar-refractivity contribution < 1.29 is 0 Å². The maximum Gasteiger partial charge on any atom is 0.138 e. The summed E-state index contributed by atoms with van der Waals surface area (Å²) in [5.74, 6) is 0.934. The second-order valence-corrected chi connectivity index (χ2v) is 8.53. The number of para-hydroxylation sites is 1.